The molecule has 3 heterocycles. The minimum absolute atomic E-state index is 0.310. The smallest absolute Gasteiger partial charge is 0.128 e. The van der Waals surface area contributed by atoms with Gasteiger partial charge < -0.3 is 15.1 Å². The first-order valence-electron chi connectivity index (χ1n) is 11.1. The molecule has 1 aromatic heterocycles. The van der Waals surface area contributed by atoms with E-state index in [1.807, 2.05) is 60.4 Å². The maximum atomic E-state index is 5.81. The third-order valence-corrected chi connectivity index (χ3v) is 5.68. The van der Waals surface area contributed by atoms with Crippen LogP contribution in [0.3, 0.4) is 0 Å². The highest BCUT2D eigenvalue weighted by molar-refractivity contribution is 5.79. The Morgan fingerprint density at radius 1 is 1.38 bits per heavy atom. The Balaban J connectivity index is 1.52. The number of nitrogens with one attached hydrogen (secondary N) is 1. The van der Waals surface area contributed by atoms with Gasteiger partial charge in [-0.15, -0.1) is 0 Å². The van der Waals surface area contributed by atoms with Crippen molar-refractivity contribution in [2.75, 3.05) is 19.7 Å². The van der Waals surface area contributed by atoms with Gasteiger partial charge in [-0.3, -0.25) is 0 Å². The summed E-state index contributed by atoms with van der Waals surface area (Å²) >= 11 is 0. The van der Waals surface area contributed by atoms with E-state index < -0.39 is 0 Å². The van der Waals surface area contributed by atoms with Gasteiger partial charge in [0.15, 0.2) is 0 Å². The number of hydrogen-bond donors (Lipinski definition) is 1. The molecule has 2 bridgehead atoms. The predicted molar refractivity (Wildman–Crippen MR) is 131 cm³/mol. The third-order valence-electron chi connectivity index (χ3n) is 5.68. The SMILES string of the molecule is C=C/C=C(\C=C/C)c1ccn(/C(=C\CN/N=C/c2cccc(C)c2)N2CC3CC2CO3)n1. The maximum Gasteiger partial charge on any atom is 0.128 e. The molecule has 2 aliphatic heterocycles. The number of nitrogens with zero attached hydrogens (tertiary/aromatic N) is 4. The Kier molecular flexibility index (Phi) is 7.02. The standard InChI is InChI=1S/C26H31N5O/c1-4-7-22(8-5-2)25-12-14-31(29-25)26(30-18-24-16-23(30)19-32-24)11-13-27-28-17-21-10-6-9-20(3)15-21/h4-12,14-15,17,23-24,27H,1,13,16,18-19H2,2-3H3/b8-5-,22-7+,26-11-,28-17+. The Morgan fingerprint density at radius 3 is 3.00 bits per heavy atom. The molecule has 32 heavy (non-hydrogen) atoms. The van der Waals surface area contributed by atoms with Crippen molar-refractivity contribution < 1.29 is 4.74 Å². The van der Waals surface area contributed by atoms with Crippen molar-refractivity contribution in [3.63, 3.8) is 0 Å². The van der Waals surface area contributed by atoms with Crippen molar-refractivity contribution >= 4 is 17.6 Å². The Hall–Kier alpha value is -3.38. The highest BCUT2D eigenvalue weighted by Crippen LogP contribution is 2.32. The van der Waals surface area contributed by atoms with Crippen LogP contribution in [0.4, 0.5) is 0 Å². The summed E-state index contributed by atoms with van der Waals surface area (Å²) in [7, 11) is 0. The number of fused-ring (bicyclic) bond motifs is 2. The summed E-state index contributed by atoms with van der Waals surface area (Å²) in [6.45, 7) is 10.2. The molecule has 4 rings (SSSR count). The lowest BCUT2D eigenvalue weighted by molar-refractivity contribution is 0.0509. The van der Waals surface area contributed by atoms with Gasteiger partial charge in [0.1, 0.15) is 5.82 Å². The molecule has 2 saturated heterocycles. The molecule has 0 saturated carbocycles. The summed E-state index contributed by atoms with van der Waals surface area (Å²) in [5.74, 6) is 1.06. The zero-order chi connectivity index (χ0) is 22.3. The highest BCUT2D eigenvalue weighted by Gasteiger charge is 2.40. The molecular weight excluding hydrogens is 398 g/mol. The monoisotopic (exact) mass is 429 g/mol. The van der Waals surface area contributed by atoms with Gasteiger partial charge in [0, 0.05) is 18.3 Å². The topological polar surface area (TPSA) is 54.7 Å². The lowest BCUT2D eigenvalue weighted by atomic mass is 10.1. The van der Waals surface area contributed by atoms with E-state index in [1.54, 1.807) is 6.08 Å². The molecule has 2 unspecified atom stereocenters. The highest BCUT2D eigenvalue weighted by atomic mass is 16.5. The number of morpholine rings is 1. The quantitative estimate of drug-likeness (QED) is 0.280. The minimum Gasteiger partial charge on any atom is -0.374 e. The van der Waals surface area contributed by atoms with Crippen LogP contribution in [-0.4, -0.2) is 52.7 Å². The largest absolute Gasteiger partial charge is 0.374 e. The fourth-order valence-corrected chi connectivity index (χ4v) is 4.22. The number of likely N-dealkylation sites (tertiary alicyclic amines) is 1. The van der Waals surface area contributed by atoms with Crippen LogP contribution >= 0.6 is 0 Å². The number of aryl methyl sites for hydroxylation is 1. The van der Waals surface area contributed by atoms with Gasteiger partial charge in [0.2, 0.25) is 0 Å². The summed E-state index contributed by atoms with van der Waals surface area (Å²) in [4.78, 5) is 2.41. The van der Waals surface area contributed by atoms with Crippen LogP contribution in [0.1, 0.15) is 30.2 Å². The number of hydrazone groups is 1. The van der Waals surface area contributed by atoms with Gasteiger partial charge in [-0.05, 0) is 38.0 Å². The van der Waals surface area contributed by atoms with E-state index in [9.17, 15) is 0 Å². The summed E-state index contributed by atoms with van der Waals surface area (Å²) < 4.78 is 7.77. The molecule has 2 aliphatic rings. The van der Waals surface area contributed by atoms with Crippen LogP contribution < -0.4 is 5.43 Å². The summed E-state index contributed by atoms with van der Waals surface area (Å²) in [5.41, 5.74) is 7.40. The van der Waals surface area contributed by atoms with E-state index in [1.165, 1.54) is 5.56 Å². The number of aromatic nitrogens is 2. The van der Waals surface area contributed by atoms with E-state index in [2.05, 4.69) is 47.1 Å². The van der Waals surface area contributed by atoms with E-state index in [4.69, 9.17) is 9.84 Å². The second kappa shape index (κ2) is 10.3. The fourth-order valence-electron chi connectivity index (χ4n) is 4.22. The second-order valence-electron chi connectivity index (χ2n) is 8.10. The molecule has 2 atom stereocenters. The molecule has 0 radical (unpaired) electrons. The van der Waals surface area contributed by atoms with Gasteiger partial charge >= 0.3 is 0 Å². The zero-order valence-corrected chi connectivity index (χ0v) is 18.8. The number of benzene rings is 1. The van der Waals surface area contributed by atoms with Crippen molar-refractivity contribution in [3.8, 4) is 0 Å². The fraction of sp³-hybridized carbons (Fsp3) is 0.308. The van der Waals surface area contributed by atoms with E-state index in [0.717, 1.165) is 42.2 Å². The van der Waals surface area contributed by atoms with Gasteiger partial charge in [0.25, 0.3) is 0 Å². The first-order chi connectivity index (χ1) is 15.7. The maximum absolute atomic E-state index is 5.81. The molecule has 2 fully saturated rings. The van der Waals surface area contributed by atoms with Crippen LogP contribution in [0.5, 0.6) is 0 Å². The molecule has 0 spiro atoms. The molecule has 6 nitrogen and oxygen atoms in total. The van der Waals surface area contributed by atoms with Crippen molar-refractivity contribution in [2.45, 2.75) is 32.4 Å². The first kappa shape index (κ1) is 21.8. The Morgan fingerprint density at radius 2 is 2.28 bits per heavy atom. The first-order valence-corrected chi connectivity index (χ1v) is 11.1. The second-order valence-corrected chi connectivity index (χ2v) is 8.10. The van der Waals surface area contributed by atoms with Crippen molar-refractivity contribution in [2.24, 2.45) is 5.10 Å². The third kappa shape index (κ3) is 5.08. The molecule has 0 aliphatic carbocycles. The number of ether oxygens (including phenoxy) is 1. The van der Waals surface area contributed by atoms with E-state index >= 15 is 0 Å². The predicted octanol–water partition coefficient (Wildman–Crippen LogP) is 4.23. The van der Waals surface area contributed by atoms with Gasteiger partial charge in [0.05, 0.1) is 37.2 Å². The molecular formula is C26H31N5O. The van der Waals surface area contributed by atoms with Gasteiger partial charge in [-0.1, -0.05) is 60.7 Å². The minimum atomic E-state index is 0.310. The molecule has 2 aromatic rings. The van der Waals surface area contributed by atoms with Gasteiger partial charge in [-0.2, -0.15) is 10.2 Å². The zero-order valence-electron chi connectivity index (χ0n) is 18.8. The van der Waals surface area contributed by atoms with Crippen LogP contribution in [0.25, 0.3) is 11.4 Å². The Bertz CT molecular complexity index is 1060. The summed E-state index contributed by atoms with van der Waals surface area (Å²) in [6.07, 6.45) is 15.2. The van der Waals surface area contributed by atoms with Gasteiger partial charge in [-0.25, -0.2) is 4.68 Å². The molecule has 166 valence electrons. The molecule has 1 aromatic carbocycles. The lowest BCUT2D eigenvalue weighted by Crippen LogP contribution is -2.37. The van der Waals surface area contributed by atoms with Crippen molar-refractivity contribution in [3.05, 3.63) is 90.3 Å². The average Bonchev–Trinajstić information content (AvgIpc) is 3.53. The summed E-state index contributed by atoms with van der Waals surface area (Å²) in [5, 5.41) is 9.25. The van der Waals surface area contributed by atoms with E-state index in [-0.39, 0.29) is 0 Å². The van der Waals surface area contributed by atoms with Crippen molar-refractivity contribution in [1.29, 1.82) is 0 Å². The van der Waals surface area contributed by atoms with Crippen LogP contribution in [0, 0.1) is 6.92 Å². The van der Waals surface area contributed by atoms with E-state index in [0.29, 0.717) is 18.7 Å². The number of allylic oxidation sites excluding steroid dienone is 5. The lowest BCUT2D eigenvalue weighted by Gasteiger charge is -2.31. The molecule has 1 N–H and O–H groups in total. The van der Waals surface area contributed by atoms with Crippen LogP contribution in [-0.2, 0) is 4.74 Å². The summed E-state index contributed by atoms with van der Waals surface area (Å²) in [6, 6.07) is 10.7. The molecule has 0 amide bonds. The van der Waals surface area contributed by atoms with Crippen LogP contribution in [0.2, 0.25) is 0 Å². The normalized spacial score (nSPS) is 21.2. The number of rotatable bonds is 9. The van der Waals surface area contributed by atoms with Crippen molar-refractivity contribution in [1.82, 2.24) is 20.1 Å². The average molecular weight is 430 g/mol. The molecule has 6 heteroatoms. The number of hydrogen-bond acceptors (Lipinski definition) is 5. The Labute approximate surface area is 190 Å². The van der Waals surface area contributed by atoms with Crippen LogP contribution in [0.15, 0.2) is 78.6 Å².